The molecular weight excluding hydrogens is 262 g/mol. The lowest BCUT2D eigenvalue weighted by Crippen LogP contribution is -2.47. The summed E-state index contributed by atoms with van der Waals surface area (Å²) in [6, 6.07) is 6.13. The average molecular weight is 293 g/mol. The van der Waals surface area contributed by atoms with Crippen LogP contribution in [0.25, 0.3) is 0 Å². The molecule has 0 aliphatic rings. The van der Waals surface area contributed by atoms with Crippen LogP contribution in [0.15, 0.2) is 18.2 Å². The zero-order chi connectivity index (χ0) is 15.9. The Morgan fingerprint density at radius 3 is 2.33 bits per heavy atom. The molecule has 0 aliphatic carbocycles. The van der Waals surface area contributed by atoms with Crippen molar-refractivity contribution in [2.24, 2.45) is 0 Å². The summed E-state index contributed by atoms with van der Waals surface area (Å²) in [5.41, 5.74) is 2.41. The number of hydrogen-bond donors (Lipinski definition) is 2. The minimum Gasteiger partial charge on any atom is -0.491 e. The van der Waals surface area contributed by atoms with Crippen molar-refractivity contribution in [3.63, 3.8) is 0 Å². The molecule has 2 N–H and O–H groups in total. The summed E-state index contributed by atoms with van der Waals surface area (Å²) in [7, 11) is 0. The number of rotatable bonds is 9. The third-order valence-electron chi connectivity index (χ3n) is 4.52. The molecule has 0 amide bonds. The molecule has 0 saturated carbocycles. The summed E-state index contributed by atoms with van der Waals surface area (Å²) >= 11 is 0. The van der Waals surface area contributed by atoms with Gasteiger partial charge < -0.3 is 15.2 Å². The highest BCUT2D eigenvalue weighted by Crippen LogP contribution is 2.20. The van der Waals surface area contributed by atoms with E-state index >= 15 is 0 Å². The van der Waals surface area contributed by atoms with E-state index in [0.29, 0.717) is 13.2 Å². The number of benzene rings is 1. The third-order valence-corrected chi connectivity index (χ3v) is 4.52. The second kappa shape index (κ2) is 8.40. The van der Waals surface area contributed by atoms with Crippen LogP contribution in [0.2, 0.25) is 0 Å². The lowest BCUT2D eigenvalue weighted by Gasteiger charge is -2.33. The number of aliphatic hydroxyl groups is 1. The summed E-state index contributed by atoms with van der Waals surface area (Å²) < 4.78 is 5.76. The normalized spacial score (nSPS) is 13.2. The monoisotopic (exact) mass is 293 g/mol. The van der Waals surface area contributed by atoms with Crippen LogP contribution in [0.1, 0.15) is 51.2 Å². The Morgan fingerprint density at radius 1 is 1.14 bits per heavy atom. The van der Waals surface area contributed by atoms with Gasteiger partial charge in [0.25, 0.3) is 0 Å². The molecule has 0 heterocycles. The zero-order valence-electron chi connectivity index (χ0n) is 14.2. The van der Waals surface area contributed by atoms with E-state index in [4.69, 9.17) is 4.74 Å². The summed E-state index contributed by atoms with van der Waals surface area (Å²) in [4.78, 5) is 0. The van der Waals surface area contributed by atoms with Crippen LogP contribution in [-0.4, -0.2) is 29.9 Å². The molecule has 0 aliphatic heterocycles. The van der Waals surface area contributed by atoms with E-state index in [1.807, 2.05) is 26.0 Å². The van der Waals surface area contributed by atoms with Crippen molar-refractivity contribution < 1.29 is 9.84 Å². The number of aryl methyl sites for hydroxylation is 2. The SMILES string of the molecule is CCC(CC)(CC)NCC(O)COc1cc(C)ccc1C. The lowest BCUT2D eigenvalue weighted by atomic mass is 9.89. The van der Waals surface area contributed by atoms with Crippen LogP contribution >= 0.6 is 0 Å². The van der Waals surface area contributed by atoms with Crippen molar-refractivity contribution in [3.05, 3.63) is 29.3 Å². The highest BCUT2D eigenvalue weighted by Gasteiger charge is 2.23. The first-order valence-corrected chi connectivity index (χ1v) is 8.09. The molecule has 0 aromatic heterocycles. The molecule has 0 spiro atoms. The van der Waals surface area contributed by atoms with Gasteiger partial charge in [0.2, 0.25) is 0 Å². The number of aliphatic hydroxyl groups excluding tert-OH is 1. The van der Waals surface area contributed by atoms with Gasteiger partial charge in [-0.05, 0) is 50.3 Å². The summed E-state index contributed by atoms with van der Waals surface area (Å²) in [6.07, 6.45) is 2.73. The van der Waals surface area contributed by atoms with Gasteiger partial charge in [-0.2, -0.15) is 0 Å². The number of ether oxygens (including phenoxy) is 1. The predicted molar refractivity (Wildman–Crippen MR) is 89.0 cm³/mol. The molecule has 1 atom stereocenters. The molecule has 0 bridgehead atoms. The second-order valence-corrected chi connectivity index (χ2v) is 5.96. The lowest BCUT2D eigenvalue weighted by molar-refractivity contribution is 0.0939. The standard InChI is InChI=1S/C18H31NO2/c1-6-18(7-2,8-3)19-12-16(20)13-21-17-11-14(4)9-10-15(17)5/h9-11,16,19-20H,6-8,12-13H2,1-5H3. The third kappa shape index (κ3) is 5.33. The first kappa shape index (κ1) is 18.0. The summed E-state index contributed by atoms with van der Waals surface area (Å²) in [6.45, 7) is 11.5. The Kier molecular flexibility index (Phi) is 7.20. The van der Waals surface area contributed by atoms with Gasteiger partial charge in [0.1, 0.15) is 18.5 Å². The summed E-state index contributed by atoms with van der Waals surface area (Å²) in [5, 5.41) is 13.6. The fourth-order valence-electron chi connectivity index (χ4n) is 2.57. The first-order valence-electron chi connectivity index (χ1n) is 8.09. The van der Waals surface area contributed by atoms with Crippen molar-refractivity contribution in [1.29, 1.82) is 0 Å². The van der Waals surface area contributed by atoms with E-state index in [9.17, 15) is 5.11 Å². The largest absolute Gasteiger partial charge is 0.491 e. The van der Waals surface area contributed by atoms with Gasteiger partial charge in [0.05, 0.1) is 0 Å². The van der Waals surface area contributed by atoms with Gasteiger partial charge >= 0.3 is 0 Å². The molecule has 1 aromatic rings. The van der Waals surface area contributed by atoms with Gasteiger partial charge in [-0.3, -0.25) is 0 Å². The van der Waals surface area contributed by atoms with Crippen molar-refractivity contribution >= 4 is 0 Å². The van der Waals surface area contributed by atoms with Crippen LogP contribution in [0.4, 0.5) is 0 Å². The molecule has 0 radical (unpaired) electrons. The number of β-amino-alcohol motifs (C(OH)–C–C–N with tert-alkyl or cyclic N) is 1. The van der Waals surface area contributed by atoms with Crippen molar-refractivity contribution in [2.45, 2.75) is 65.5 Å². The van der Waals surface area contributed by atoms with Gasteiger partial charge in [-0.1, -0.05) is 32.9 Å². The zero-order valence-corrected chi connectivity index (χ0v) is 14.2. The fourth-order valence-corrected chi connectivity index (χ4v) is 2.57. The predicted octanol–water partition coefficient (Wildman–Crippen LogP) is 3.60. The van der Waals surface area contributed by atoms with Crippen LogP contribution < -0.4 is 10.1 Å². The van der Waals surface area contributed by atoms with Crippen molar-refractivity contribution in [1.82, 2.24) is 5.32 Å². The Morgan fingerprint density at radius 2 is 1.76 bits per heavy atom. The van der Waals surface area contributed by atoms with Crippen LogP contribution in [0.3, 0.4) is 0 Å². The molecule has 1 unspecified atom stereocenters. The maximum atomic E-state index is 10.1. The van der Waals surface area contributed by atoms with E-state index in [2.05, 4.69) is 32.2 Å². The molecule has 3 nitrogen and oxygen atoms in total. The van der Waals surface area contributed by atoms with Crippen LogP contribution in [0.5, 0.6) is 5.75 Å². The average Bonchev–Trinajstić information content (AvgIpc) is 2.50. The van der Waals surface area contributed by atoms with Crippen molar-refractivity contribution in [2.75, 3.05) is 13.2 Å². The fraction of sp³-hybridized carbons (Fsp3) is 0.667. The smallest absolute Gasteiger partial charge is 0.122 e. The quantitative estimate of drug-likeness (QED) is 0.731. The number of nitrogens with one attached hydrogen (secondary N) is 1. The maximum Gasteiger partial charge on any atom is 0.122 e. The minimum absolute atomic E-state index is 0.139. The topological polar surface area (TPSA) is 41.5 Å². The Hall–Kier alpha value is -1.06. The van der Waals surface area contributed by atoms with Crippen LogP contribution in [0, 0.1) is 13.8 Å². The van der Waals surface area contributed by atoms with Crippen molar-refractivity contribution in [3.8, 4) is 5.75 Å². The van der Waals surface area contributed by atoms with E-state index in [0.717, 1.165) is 30.6 Å². The summed E-state index contributed by atoms with van der Waals surface area (Å²) in [5.74, 6) is 0.863. The van der Waals surface area contributed by atoms with Crippen LogP contribution in [-0.2, 0) is 0 Å². The van der Waals surface area contributed by atoms with E-state index in [1.54, 1.807) is 0 Å². The highest BCUT2D eigenvalue weighted by atomic mass is 16.5. The molecule has 1 aromatic carbocycles. The molecule has 1 rings (SSSR count). The molecular formula is C18H31NO2. The second-order valence-electron chi connectivity index (χ2n) is 5.96. The van der Waals surface area contributed by atoms with Gasteiger partial charge in [-0.25, -0.2) is 0 Å². The van der Waals surface area contributed by atoms with E-state index < -0.39 is 6.10 Å². The van der Waals surface area contributed by atoms with E-state index in [-0.39, 0.29) is 5.54 Å². The Balaban J connectivity index is 2.47. The Labute approximate surface area is 129 Å². The molecule has 0 fully saturated rings. The highest BCUT2D eigenvalue weighted by molar-refractivity contribution is 5.35. The molecule has 120 valence electrons. The van der Waals surface area contributed by atoms with Gasteiger partial charge in [-0.15, -0.1) is 0 Å². The molecule has 3 heteroatoms. The van der Waals surface area contributed by atoms with Gasteiger partial charge in [0.15, 0.2) is 0 Å². The van der Waals surface area contributed by atoms with E-state index in [1.165, 1.54) is 5.56 Å². The first-order chi connectivity index (χ1) is 9.96. The molecule has 21 heavy (non-hydrogen) atoms. The number of hydrogen-bond acceptors (Lipinski definition) is 3. The maximum absolute atomic E-state index is 10.1. The minimum atomic E-state index is -0.492. The Bertz CT molecular complexity index is 419. The molecule has 0 saturated heterocycles. The van der Waals surface area contributed by atoms with Gasteiger partial charge in [0, 0.05) is 12.1 Å².